The van der Waals surface area contributed by atoms with Gasteiger partial charge in [-0.2, -0.15) is 0 Å². The van der Waals surface area contributed by atoms with Crippen LogP contribution in [0.5, 0.6) is 0 Å². The van der Waals surface area contributed by atoms with Crippen LogP contribution in [0.1, 0.15) is 17.1 Å². The molecule has 1 aromatic heterocycles. The minimum absolute atomic E-state index is 0.0748. The molecule has 3 N–H and O–H groups in total. The van der Waals surface area contributed by atoms with E-state index < -0.39 is 0 Å². The second-order valence-electron chi connectivity index (χ2n) is 4.25. The topological polar surface area (TPSA) is 80.9 Å². The lowest BCUT2D eigenvalue weighted by Crippen LogP contribution is -2.25. The Hall–Kier alpha value is -2.43. The number of carbonyl (C=O) groups is 1. The fourth-order valence-corrected chi connectivity index (χ4v) is 1.72. The van der Waals surface area contributed by atoms with Crippen molar-refractivity contribution in [1.29, 1.82) is 0 Å². The predicted molar refractivity (Wildman–Crippen MR) is 73.2 cm³/mol. The minimum Gasteiger partial charge on any atom is -0.398 e. The monoisotopic (exact) mass is 256 g/mol. The van der Waals surface area contributed by atoms with Gasteiger partial charge in [0.2, 0.25) is 5.91 Å². The highest BCUT2D eigenvalue weighted by Crippen LogP contribution is 2.10. The first-order valence-corrected chi connectivity index (χ1v) is 6.04. The summed E-state index contributed by atoms with van der Waals surface area (Å²) in [6, 6.07) is 9.14. The number of carbonyl (C=O) groups excluding carboxylic acids is 1. The molecule has 0 aliphatic rings. The van der Waals surface area contributed by atoms with Gasteiger partial charge in [-0.3, -0.25) is 4.79 Å². The summed E-state index contributed by atoms with van der Waals surface area (Å²) in [5, 5.41) is 2.82. The van der Waals surface area contributed by atoms with Crippen LogP contribution < -0.4 is 11.1 Å². The van der Waals surface area contributed by atoms with Crippen molar-refractivity contribution in [3.8, 4) is 0 Å². The molecular formula is C14H16N4O. The van der Waals surface area contributed by atoms with Crippen LogP contribution in [0.4, 0.5) is 5.69 Å². The number of aryl methyl sites for hydroxylation is 1. The molecule has 1 amide bonds. The Morgan fingerprint density at radius 3 is 2.84 bits per heavy atom. The lowest BCUT2D eigenvalue weighted by Gasteiger charge is -2.07. The zero-order chi connectivity index (χ0) is 13.7. The molecule has 0 radical (unpaired) electrons. The van der Waals surface area contributed by atoms with Crippen molar-refractivity contribution in [1.82, 2.24) is 15.3 Å². The molecule has 0 aliphatic heterocycles. The van der Waals surface area contributed by atoms with E-state index in [-0.39, 0.29) is 12.3 Å². The molecule has 0 atom stereocenters. The molecule has 19 heavy (non-hydrogen) atoms. The fourth-order valence-electron chi connectivity index (χ4n) is 1.72. The zero-order valence-corrected chi connectivity index (χ0v) is 10.8. The van der Waals surface area contributed by atoms with Gasteiger partial charge in [0.25, 0.3) is 0 Å². The molecule has 0 aliphatic carbocycles. The number of anilines is 1. The van der Waals surface area contributed by atoms with E-state index >= 15 is 0 Å². The summed E-state index contributed by atoms with van der Waals surface area (Å²) in [4.78, 5) is 20.0. The smallest absolute Gasteiger partial charge is 0.224 e. The van der Waals surface area contributed by atoms with Gasteiger partial charge in [-0.15, -0.1) is 0 Å². The number of amides is 1. The fraction of sp³-hybridized carbons (Fsp3) is 0.214. The van der Waals surface area contributed by atoms with Crippen molar-refractivity contribution in [2.24, 2.45) is 0 Å². The van der Waals surface area contributed by atoms with E-state index in [1.54, 1.807) is 18.3 Å². The summed E-state index contributed by atoms with van der Waals surface area (Å²) in [7, 11) is 0. The number of nitrogen functional groups attached to an aromatic ring is 1. The summed E-state index contributed by atoms with van der Waals surface area (Å²) < 4.78 is 0. The molecule has 2 rings (SSSR count). The number of benzene rings is 1. The molecule has 0 fully saturated rings. The van der Waals surface area contributed by atoms with Crippen molar-refractivity contribution in [2.75, 3.05) is 5.73 Å². The van der Waals surface area contributed by atoms with Gasteiger partial charge in [0.05, 0.1) is 18.7 Å². The predicted octanol–water partition coefficient (Wildman–Crippen LogP) is 1.23. The van der Waals surface area contributed by atoms with Crippen molar-refractivity contribution in [2.45, 2.75) is 19.9 Å². The number of para-hydroxylation sites is 1. The van der Waals surface area contributed by atoms with Crippen LogP contribution in [0.15, 0.2) is 36.5 Å². The number of nitrogens with two attached hydrogens (primary N) is 1. The second-order valence-corrected chi connectivity index (χ2v) is 4.25. The third-order valence-corrected chi connectivity index (χ3v) is 2.71. The van der Waals surface area contributed by atoms with Gasteiger partial charge in [0.15, 0.2) is 0 Å². The quantitative estimate of drug-likeness (QED) is 0.806. The van der Waals surface area contributed by atoms with Crippen LogP contribution in [-0.2, 0) is 17.8 Å². The molecule has 0 bridgehead atoms. The molecule has 5 heteroatoms. The lowest BCUT2D eigenvalue weighted by molar-refractivity contribution is -0.120. The van der Waals surface area contributed by atoms with Gasteiger partial charge in [-0.05, 0) is 24.6 Å². The molecule has 0 saturated carbocycles. The normalized spacial score (nSPS) is 10.2. The zero-order valence-electron chi connectivity index (χ0n) is 10.8. The molecule has 2 aromatic rings. The second kappa shape index (κ2) is 5.95. The van der Waals surface area contributed by atoms with Crippen LogP contribution in [-0.4, -0.2) is 15.9 Å². The largest absolute Gasteiger partial charge is 0.398 e. The van der Waals surface area contributed by atoms with Gasteiger partial charge >= 0.3 is 0 Å². The SMILES string of the molecule is Cc1nccc(CNC(=O)Cc2ccccc2N)n1. The van der Waals surface area contributed by atoms with E-state index in [0.717, 1.165) is 11.3 Å². The lowest BCUT2D eigenvalue weighted by atomic mass is 10.1. The van der Waals surface area contributed by atoms with Gasteiger partial charge in [0.1, 0.15) is 5.82 Å². The molecule has 0 saturated heterocycles. The Morgan fingerprint density at radius 1 is 1.32 bits per heavy atom. The molecule has 0 unspecified atom stereocenters. The van der Waals surface area contributed by atoms with E-state index in [4.69, 9.17) is 5.73 Å². The number of aromatic nitrogens is 2. The highest BCUT2D eigenvalue weighted by atomic mass is 16.1. The summed E-state index contributed by atoms with van der Waals surface area (Å²) in [5.74, 6) is 0.619. The minimum atomic E-state index is -0.0748. The first kappa shape index (κ1) is 13.0. The molecular weight excluding hydrogens is 240 g/mol. The highest BCUT2D eigenvalue weighted by molar-refractivity contribution is 5.80. The molecule has 1 heterocycles. The average Bonchev–Trinajstić information content (AvgIpc) is 2.39. The van der Waals surface area contributed by atoms with E-state index in [9.17, 15) is 4.79 Å². The number of nitrogens with one attached hydrogen (secondary N) is 1. The van der Waals surface area contributed by atoms with Crippen LogP contribution in [0.25, 0.3) is 0 Å². The highest BCUT2D eigenvalue weighted by Gasteiger charge is 2.06. The first-order chi connectivity index (χ1) is 9.15. The van der Waals surface area contributed by atoms with Gasteiger partial charge in [-0.1, -0.05) is 18.2 Å². The molecule has 98 valence electrons. The van der Waals surface area contributed by atoms with Gasteiger partial charge < -0.3 is 11.1 Å². The number of nitrogens with zero attached hydrogens (tertiary/aromatic N) is 2. The van der Waals surface area contributed by atoms with E-state index in [0.29, 0.717) is 18.1 Å². The van der Waals surface area contributed by atoms with Crippen LogP contribution in [0.3, 0.4) is 0 Å². The average molecular weight is 256 g/mol. The maximum Gasteiger partial charge on any atom is 0.224 e. The van der Waals surface area contributed by atoms with Crippen molar-refractivity contribution in [3.05, 3.63) is 53.6 Å². The summed E-state index contributed by atoms with van der Waals surface area (Å²) in [5.41, 5.74) is 8.06. The van der Waals surface area contributed by atoms with Crippen LogP contribution >= 0.6 is 0 Å². The Labute approximate surface area is 111 Å². The standard InChI is InChI=1S/C14H16N4O/c1-10-16-7-6-12(18-10)9-17-14(19)8-11-4-2-3-5-13(11)15/h2-7H,8-9,15H2,1H3,(H,17,19). The van der Waals surface area contributed by atoms with Gasteiger partial charge in [0, 0.05) is 11.9 Å². The first-order valence-electron chi connectivity index (χ1n) is 6.04. The van der Waals surface area contributed by atoms with Crippen LogP contribution in [0.2, 0.25) is 0 Å². The third-order valence-electron chi connectivity index (χ3n) is 2.71. The molecule has 1 aromatic carbocycles. The Balaban J connectivity index is 1.90. The van der Waals surface area contributed by atoms with Crippen molar-refractivity contribution >= 4 is 11.6 Å². The summed E-state index contributed by atoms with van der Waals surface area (Å²) in [6.07, 6.45) is 1.95. The van der Waals surface area contributed by atoms with Crippen molar-refractivity contribution in [3.63, 3.8) is 0 Å². The number of hydrogen-bond donors (Lipinski definition) is 2. The number of hydrogen-bond acceptors (Lipinski definition) is 4. The maximum absolute atomic E-state index is 11.8. The Bertz CT molecular complexity index is 583. The van der Waals surface area contributed by atoms with Crippen molar-refractivity contribution < 1.29 is 4.79 Å². The summed E-state index contributed by atoms with van der Waals surface area (Å²) >= 11 is 0. The third kappa shape index (κ3) is 3.77. The molecule has 0 spiro atoms. The Morgan fingerprint density at radius 2 is 2.11 bits per heavy atom. The van der Waals surface area contributed by atoms with E-state index in [1.807, 2.05) is 25.1 Å². The maximum atomic E-state index is 11.8. The molecule has 5 nitrogen and oxygen atoms in total. The Kier molecular flexibility index (Phi) is 4.07. The van der Waals surface area contributed by atoms with Crippen LogP contribution in [0, 0.1) is 6.92 Å². The summed E-state index contributed by atoms with van der Waals surface area (Å²) in [6.45, 7) is 2.21. The van der Waals surface area contributed by atoms with Gasteiger partial charge in [-0.25, -0.2) is 9.97 Å². The van der Waals surface area contributed by atoms with E-state index in [2.05, 4.69) is 15.3 Å². The van der Waals surface area contributed by atoms with E-state index in [1.165, 1.54) is 0 Å². The number of rotatable bonds is 4.